The van der Waals surface area contributed by atoms with Crippen molar-refractivity contribution < 1.29 is 26.8 Å². The molecule has 0 aliphatic heterocycles. The van der Waals surface area contributed by atoms with Gasteiger partial charge in [0.05, 0.1) is 67.4 Å². The van der Waals surface area contributed by atoms with E-state index < -0.39 is 21.6 Å². The highest BCUT2D eigenvalue weighted by Crippen LogP contribution is 2.40. The number of imidazole rings is 2. The highest BCUT2D eigenvalue weighted by Gasteiger charge is 2.31. The van der Waals surface area contributed by atoms with Gasteiger partial charge in [0.1, 0.15) is 40.6 Å². The van der Waals surface area contributed by atoms with Gasteiger partial charge in [-0.05, 0) is 128 Å². The molecule has 5 aromatic carbocycles. The van der Waals surface area contributed by atoms with Gasteiger partial charge >= 0.3 is 0 Å². The van der Waals surface area contributed by atoms with Crippen molar-refractivity contribution in [1.82, 2.24) is 43.5 Å². The van der Waals surface area contributed by atoms with E-state index in [0.29, 0.717) is 40.5 Å². The van der Waals surface area contributed by atoms with Crippen LogP contribution in [-0.2, 0) is 16.4 Å². The van der Waals surface area contributed by atoms with Gasteiger partial charge in [0, 0.05) is 29.2 Å². The Labute approximate surface area is 391 Å². The lowest BCUT2D eigenvalue weighted by Gasteiger charge is -2.11. The van der Waals surface area contributed by atoms with Crippen LogP contribution in [0.4, 0.5) is 20.4 Å². The monoisotopic (exact) mass is 939 g/mol. The van der Waals surface area contributed by atoms with Gasteiger partial charge in [-0.3, -0.25) is 9.59 Å². The highest BCUT2D eigenvalue weighted by atomic mass is 32.2. The first-order valence-corrected chi connectivity index (χ1v) is 23.7. The Balaban J connectivity index is 0.000000148. The maximum Gasteiger partial charge on any atom is 0.268 e. The Hall–Kier alpha value is -8.51. The molecule has 2 fully saturated rings. The topological polar surface area (TPSA) is 218 Å². The van der Waals surface area contributed by atoms with Crippen molar-refractivity contribution in [1.29, 1.82) is 0 Å². The smallest absolute Gasteiger partial charge is 0.268 e. The molecule has 5 heterocycles. The van der Waals surface area contributed by atoms with Crippen LogP contribution in [-0.4, -0.2) is 63.5 Å². The Kier molecular flexibility index (Phi) is 9.59. The minimum absolute atomic E-state index is 0.0196. The van der Waals surface area contributed by atoms with E-state index in [-0.39, 0.29) is 44.9 Å². The number of H-pyrrole nitrogens is 2. The fourth-order valence-electron chi connectivity index (χ4n) is 8.91. The largest absolute Gasteiger partial charge is 0.383 e. The molecule has 13 rings (SSSR count). The summed E-state index contributed by atoms with van der Waals surface area (Å²) in [5.74, 6) is 1.53. The minimum Gasteiger partial charge on any atom is -0.383 e. The number of nitrogen functional groups attached to an aromatic ring is 2. The summed E-state index contributed by atoms with van der Waals surface area (Å²) >= 11 is 0. The number of ketones is 2. The van der Waals surface area contributed by atoms with Crippen LogP contribution in [0.5, 0.6) is 0 Å². The zero-order valence-electron chi connectivity index (χ0n) is 36.4. The van der Waals surface area contributed by atoms with Crippen LogP contribution in [0.15, 0.2) is 132 Å². The van der Waals surface area contributed by atoms with Crippen molar-refractivity contribution >= 4 is 72.3 Å². The fourth-order valence-corrected chi connectivity index (χ4v) is 10.4. The van der Waals surface area contributed by atoms with E-state index in [9.17, 15) is 26.8 Å². The van der Waals surface area contributed by atoms with Gasteiger partial charge in [0.2, 0.25) is 5.78 Å². The fraction of sp³-hybridized carbons (Fsp3) is 0.137. The second kappa shape index (κ2) is 15.8. The van der Waals surface area contributed by atoms with Crippen molar-refractivity contribution in [3.63, 3.8) is 0 Å². The van der Waals surface area contributed by atoms with Crippen LogP contribution in [0.3, 0.4) is 0 Å². The number of Topliss-reactive ketones (excluding diaryl/α,β-unsaturated/α-hetero) is 1. The molecule has 0 spiro atoms. The number of rotatable bonds is 10. The molecule has 18 heteroatoms. The number of anilines is 2. The Morgan fingerprint density at radius 2 is 1.22 bits per heavy atom. The molecule has 10 aromatic rings. The SMILES string of the molecule is Nc1c(C(=O)C2=Cc3ccc(F)cc3C2)cnn1-c1ccc2nc(C3CC3)[nH]c2c1.Nc1c(C(=O)c2cc3ccc(F)cc3n2S(=O)(=O)c2ccccc2)cnn1-c1ccc2nc(C3CC3)[nH]c2c1. The van der Waals surface area contributed by atoms with E-state index in [1.54, 1.807) is 41.1 Å². The van der Waals surface area contributed by atoms with Gasteiger partial charge in [-0.1, -0.05) is 24.3 Å². The third kappa shape index (κ3) is 7.36. The number of fused-ring (bicyclic) bond motifs is 4. The predicted molar refractivity (Wildman–Crippen MR) is 256 cm³/mol. The second-order valence-electron chi connectivity index (χ2n) is 17.6. The van der Waals surface area contributed by atoms with Crippen LogP contribution in [0, 0.1) is 11.6 Å². The summed E-state index contributed by atoms with van der Waals surface area (Å²) in [7, 11) is -4.25. The van der Waals surface area contributed by atoms with Gasteiger partial charge < -0.3 is 21.4 Å². The summed E-state index contributed by atoms with van der Waals surface area (Å²) in [6, 6.07) is 28.7. The molecule has 6 N–H and O–H groups in total. The number of carbonyl (C=O) groups excluding carboxylic acids is 2. The van der Waals surface area contributed by atoms with Gasteiger partial charge in [-0.2, -0.15) is 10.2 Å². The standard InChI is InChI=1S/C28H21FN6O3S.C23H18FN5O/c29-18-9-8-17-12-25(35(24(17)13-18)39(37,38)20-4-2-1-3-5-20)26(36)21-15-31-34(27(21)30)19-10-11-22-23(14-19)33-28(32-22)16-6-7-16;24-16-4-3-13-7-15(8-14(13)9-16)21(30)18-11-26-29(22(18)25)17-5-6-19-20(10-17)28-23(27-19)12-1-2-12/h1-5,8-16H,6-7,30H2,(H,32,33);3-7,9-12H,1-2,8,25H2,(H,27,28). The number of hydrogen-bond acceptors (Lipinski definition) is 10. The normalized spacial score (nSPS) is 14.6. The van der Waals surface area contributed by atoms with Gasteiger partial charge in [0.25, 0.3) is 10.0 Å². The van der Waals surface area contributed by atoms with Crippen LogP contribution < -0.4 is 11.5 Å². The van der Waals surface area contributed by atoms with E-state index in [1.807, 2.05) is 30.3 Å². The van der Waals surface area contributed by atoms with Gasteiger partial charge in [-0.15, -0.1) is 0 Å². The molecule has 5 aromatic heterocycles. The Morgan fingerprint density at radius 3 is 1.81 bits per heavy atom. The molecule has 15 nitrogen and oxygen atoms in total. The summed E-state index contributed by atoms with van der Waals surface area (Å²) < 4.78 is 58.9. The zero-order chi connectivity index (χ0) is 47.3. The molecule has 2 saturated carbocycles. The Bertz CT molecular complexity index is 3910. The maximum atomic E-state index is 14.2. The first kappa shape index (κ1) is 41.9. The second-order valence-corrected chi connectivity index (χ2v) is 19.4. The highest BCUT2D eigenvalue weighted by molar-refractivity contribution is 7.90. The number of allylic oxidation sites excluding steroid dienone is 1. The lowest BCUT2D eigenvalue weighted by Crippen LogP contribution is -2.19. The zero-order valence-corrected chi connectivity index (χ0v) is 37.2. The molecule has 0 unspecified atom stereocenters. The number of aromatic amines is 2. The molecule has 0 bridgehead atoms. The molecule has 3 aliphatic rings. The number of nitrogens with two attached hydrogens (primary N) is 2. The first-order chi connectivity index (χ1) is 33.4. The number of benzene rings is 5. The summed E-state index contributed by atoms with van der Waals surface area (Å²) in [4.78, 5) is 42.8. The third-order valence-corrected chi connectivity index (χ3v) is 14.6. The summed E-state index contributed by atoms with van der Waals surface area (Å²) in [5, 5.41) is 9.07. The summed E-state index contributed by atoms with van der Waals surface area (Å²) in [6.45, 7) is 0. The number of nitrogens with one attached hydrogen (secondary N) is 2. The quantitative estimate of drug-likeness (QED) is 0.0954. The van der Waals surface area contributed by atoms with Crippen LogP contribution in [0.2, 0.25) is 0 Å². The van der Waals surface area contributed by atoms with Crippen molar-refractivity contribution in [2.45, 2.75) is 48.8 Å². The molecule has 3 aliphatic carbocycles. The molecular weight excluding hydrogens is 901 g/mol. The average Bonchev–Trinajstić information content (AvgIpc) is 4.02. The molecule has 69 heavy (non-hydrogen) atoms. The maximum absolute atomic E-state index is 14.2. The van der Waals surface area contributed by atoms with E-state index >= 15 is 0 Å². The van der Waals surface area contributed by atoms with Crippen LogP contribution in [0.25, 0.3) is 50.4 Å². The number of carbonyl (C=O) groups is 2. The van der Waals surface area contributed by atoms with Gasteiger partial charge in [0.15, 0.2) is 5.78 Å². The van der Waals surface area contributed by atoms with E-state index in [0.717, 1.165) is 73.4 Å². The van der Waals surface area contributed by atoms with Crippen molar-refractivity contribution in [3.05, 3.63) is 178 Å². The van der Waals surface area contributed by atoms with Crippen molar-refractivity contribution in [2.75, 3.05) is 11.5 Å². The van der Waals surface area contributed by atoms with Crippen LogP contribution in [0.1, 0.15) is 86.7 Å². The third-order valence-electron chi connectivity index (χ3n) is 12.8. The molecule has 0 radical (unpaired) electrons. The van der Waals surface area contributed by atoms with Crippen molar-refractivity contribution in [3.8, 4) is 11.4 Å². The van der Waals surface area contributed by atoms with Crippen molar-refractivity contribution in [2.24, 2.45) is 0 Å². The van der Waals surface area contributed by atoms with E-state index in [2.05, 4.69) is 30.1 Å². The predicted octanol–water partition coefficient (Wildman–Crippen LogP) is 8.94. The summed E-state index contributed by atoms with van der Waals surface area (Å²) in [5.41, 5.74) is 20.1. The number of halogens is 2. The lowest BCUT2D eigenvalue weighted by molar-refractivity contribution is 0.102. The van der Waals surface area contributed by atoms with E-state index in [4.69, 9.17) is 11.5 Å². The molecule has 342 valence electrons. The molecule has 0 atom stereocenters. The number of hydrogen-bond donors (Lipinski definition) is 4. The minimum atomic E-state index is -4.25. The van der Waals surface area contributed by atoms with Crippen LogP contribution >= 0.6 is 0 Å². The van der Waals surface area contributed by atoms with Gasteiger partial charge in [-0.25, -0.2) is 40.5 Å². The number of aromatic nitrogens is 9. The molecule has 0 saturated heterocycles. The Morgan fingerprint density at radius 1 is 0.652 bits per heavy atom. The number of nitrogens with zero attached hydrogens (tertiary/aromatic N) is 7. The molecule has 0 amide bonds. The lowest BCUT2D eigenvalue weighted by atomic mass is 10.0. The molecular formula is C51H39F2N11O4S. The summed E-state index contributed by atoms with van der Waals surface area (Å²) in [6.07, 6.45) is 9.58. The first-order valence-electron chi connectivity index (χ1n) is 22.2. The average molecular weight is 940 g/mol. The van der Waals surface area contributed by atoms with E-state index in [1.165, 1.54) is 72.4 Å².